The normalized spacial score (nSPS) is 16.3. The largest absolute Gasteiger partial charge is 0.503 e. The molecular weight excluding hydrogens is 488 g/mol. The van der Waals surface area contributed by atoms with E-state index in [9.17, 15) is 14.7 Å². The van der Waals surface area contributed by atoms with E-state index in [0.29, 0.717) is 29.7 Å². The zero-order valence-electron chi connectivity index (χ0n) is 18.7. The third-order valence-corrected chi connectivity index (χ3v) is 6.16. The van der Waals surface area contributed by atoms with Crippen LogP contribution in [0.15, 0.2) is 68.8 Å². The van der Waals surface area contributed by atoms with E-state index in [4.69, 9.17) is 9.15 Å². The van der Waals surface area contributed by atoms with Crippen molar-refractivity contribution in [3.05, 3.63) is 75.7 Å². The molecule has 0 radical (unpaired) electrons. The Balaban J connectivity index is 1.77. The lowest BCUT2D eigenvalue weighted by molar-refractivity contribution is -0.129. The standard InChI is InChI=1S/C25H25BrN2O5/c1-27(2)11-6-12-28-21(15-7-4-9-17(26)13-15)20(23(30)25(28)31)22(29)19-14-16-8-5-10-18(32-3)24(16)33-19/h4-5,7-10,13-14,21,30H,6,11-12H2,1-3H3/t21-/m0/s1. The summed E-state index contributed by atoms with van der Waals surface area (Å²) >= 11 is 3.47. The third-order valence-electron chi connectivity index (χ3n) is 5.67. The van der Waals surface area contributed by atoms with E-state index < -0.39 is 23.5 Å². The number of hydrogen-bond acceptors (Lipinski definition) is 6. The Kier molecular flexibility index (Phi) is 6.58. The van der Waals surface area contributed by atoms with Crippen LogP contribution in [0, 0.1) is 0 Å². The molecule has 1 aliphatic heterocycles. The number of furan rings is 1. The fourth-order valence-corrected chi connectivity index (χ4v) is 4.56. The number of ether oxygens (including phenoxy) is 1. The number of Topliss-reactive ketones (excluding diaryl/α,β-unsaturated/α-hetero) is 1. The monoisotopic (exact) mass is 512 g/mol. The number of aliphatic hydroxyl groups is 1. The van der Waals surface area contributed by atoms with Crippen LogP contribution in [0.25, 0.3) is 11.0 Å². The van der Waals surface area contributed by atoms with Crippen LogP contribution in [0.2, 0.25) is 0 Å². The van der Waals surface area contributed by atoms with Gasteiger partial charge in [-0.15, -0.1) is 0 Å². The minimum absolute atomic E-state index is 0.0148. The number of carbonyl (C=O) groups is 2. The molecule has 1 N–H and O–H groups in total. The number of amides is 1. The van der Waals surface area contributed by atoms with Crippen molar-refractivity contribution in [3.63, 3.8) is 0 Å². The highest BCUT2D eigenvalue weighted by Gasteiger charge is 2.44. The fourth-order valence-electron chi connectivity index (χ4n) is 4.14. The highest BCUT2D eigenvalue weighted by molar-refractivity contribution is 9.10. The van der Waals surface area contributed by atoms with Gasteiger partial charge in [-0.05, 0) is 56.9 Å². The average Bonchev–Trinajstić information content (AvgIpc) is 3.33. The lowest BCUT2D eigenvalue weighted by Crippen LogP contribution is -2.33. The summed E-state index contributed by atoms with van der Waals surface area (Å²) in [4.78, 5) is 30.3. The number of fused-ring (bicyclic) bond motifs is 1. The van der Waals surface area contributed by atoms with Gasteiger partial charge >= 0.3 is 0 Å². The number of benzene rings is 2. The smallest absolute Gasteiger partial charge is 0.290 e. The van der Waals surface area contributed by atoms with Gasteiger partial charge in [-0.2, -0.15) is 0 Å². The van der Waals surface area contributed by atoms with Gasteiger partial charge in [0, 0.05) is 16.4 Å². The molecular formula is C25H25BrN2O5. The minimum atomic E-state index is -0.722. The summed E-state index contributed by atoms with van der Waals surface area (Å²) in [5.41, 5.74) is 1.18. The number of nitrogens with zero attached hydrogens (tertiary/aromatic N) is 2. The van der Waals surface area contributed by atoms with Crippen molar-refractivity contribution in [3.8, 4) is 5.75 Å². The third kappa shape index (κ3) is 4.41. The first-order chi connectivity index (χ1) is 15.8. The van der Waals surface area contributed by atoms with Crippen LogP contribution in [0.1, 0.15) is 28.6 Å². The number of aliphatic hydroxyl groups excluding tert-OH is 1. The number of halogens is 1. The molecule has 3 aromatic rings. The molecule has 2 aromatic carbocycles. The number of rotatable bonds is 8. The number of methoxy groups -OCH3 is 1. The van der Waals surface area contributed by atoms with Crippen LogP contribution in [0.3, 0.4) is 0 Å². The van der Waals surface area contributed by atoms with Crippen molar-refractivity contribution in [2.24, 2.45) is 0 Å². The molecule has 0 spiro atoms. The van der Waals surface area contributed by atoms with Crippen LogP contribution in [0.5, 0.6) is 5.75 Å². The maximum atomic E-state index is 13.6. The lowest BCUT2D eigenvalue weighted by Gasteiger charge is -2.27. The molecule has 0 bridgehead atoms. The maximum Gasteiger partial charge on any atom is 0.290 e. The Hall–Kier alpha value is -3.10. The lowest BCUT2D eigenvalue weighted by atomic mass is 9.95. The molecule has 7 nitrogen and oxygen atoms in total. The second-order valence-electron chi connectivity index (χ2n) is 8.19. The summed E-state index contributed by atoms with van der Waals surface area (Å²) < 4.78 is 12.0. The predicted octanol–water partition coefficient (Wildman–Crippen LogP) is 4.73. The van der Waals surface area contributed by atoms with E-state index in [1.54, 1.807) is 23.1 Å². The summed E-state index contributed by atoms with van der Waals surface area (Å²) in [6.07, 6.45) is 0.694. The molecule has 0 saturated heterocycles. The Labute approximate surface area is 200 Å². The zero-order valence-corrected chi connectivity index (χ0v) is 20.3. The molecule has 33 heavy (non-hydrogen) atoms. The second kappa shape index (κ2) is 9.41. The molecule has 0 saturated carbocycles. The summed E-state index contributed by atoms with van der Waals surface area (Å²) in [5, 5.41) is 11.5. The number of para-hydroxylation sites is 1. The zero-order chi connectivity index (χ0) is 23.7. The van der Waals surface area contributed by atoms with Gasteiger partial charge in [0.1, 0.15) is 0 Å². The highest BCUT2D eigenvalue weighted by atomic mass is 79.9. The molecule has 0 fully saturated rings. The molecule has 1 aromatic heterocycles. The number of hydrogen-bond donors (Lipinski definition) is 1. The topological polar surface area (TPSA) is 83.2 Å². The van der Waals surface area contributed by atoms with Crippen LogP contribution in [0.4, 0.5) is 0 Å². The van der Waals surface area contributed by atoms with Gasteiger partial charge in [-0.25, -0.2) is 0 Å². The Morgan fingerprint density at radius 2 is 1.97 bits per heavy atom. The number of ketones is 1. The van der Waals surface area contributed by atoms with Crippen LogP contribution in [-0.2, 0) is 4.79 Å². The van der Waals surface area contributed by atoms with Crippen molar-refractivity contribution < 1.29 is 23.8 Å². The molecule has 1 amide bonds. The van der Waals surface area contributed by atoms with E-state index in [1.165, 1.54) is 7.11 Å². The van der Waals surface area contributed by atoms with Crippen molar-refractivity contribution in [2.45, 2.75) is 12.5 Å². The fraction of sp³-hybridized carbons (Fsp3) is 0.280. The SMILES string of the molecule is COc1cccc2cc(C(=O)C3=C(O)C(=O)N(CCCN(C)C)[C@H]3c3cccc(Br)c3)oc12. The second-order valence-corrected chi connectivity index (χ2v) is 9.11. The maximum absolute atomic E-state index is 13.6. The van der Waals surface area contributed by atoms with E-state index >= 15 is 0 Å². The van der Waals surface area contributed by atoms with Gasteiger partial charge in [0.25, 0.3) is 5.91 Å². The Morgan fingerprint density at radius 3 is 2.67 bits per heavy atom. The first kappa shape index (κ1) is 23.1. The molecule has 172 valence electrons. The van der Waals surface area contributed by atoms with Crippen LogP contribution < -0.4 is 4.74 Å². The van der Waals surface area contributed by atoms with E-state index in [1.807, 2.05) is 49.3 Å². The van der Waals surface area contributed by atoms with E-state index in [2.05, 4.69) is 15.9 Å². The summed E-state index contributed by atoms with van der Waals surface area (Å²) in [6.45, 7) is 1.16. The van der Waals surface area contributed by atoms with Gasteiger partial charge < -0.3 is 24.1 Å². The molecule has 1 atom stereocenters. The van der Waals surface area contributed by atoms with E-state index in [-0.39, 0.29) is 11.3 Å². The number of carbonyl (C=O) groups excluding carboxylic acids is 2. The van der Waals surface area contributed by atoms with Crippen molar-refractivity contribution in [1.29, 1.82) is 0 Å². The van der Waals surface area contributed by atoms with Crippen molar-refractivity contribution in [1.82, 2.24) is 9.80 Å². The molecule has 0 unspecified atom stereocenters. The summed E-state index contributed by atoms with van der Waals surface area (Å²) in [6, 6.07) is 13.6. The van der Waals surface area contributed by atoms with Gasteiger partial charge in [0.2, 0.25) is 5.78 Å². The molecule has 1 aliphatic rings. The average molecular weight is 513 g/mol. The van der Waals surface area contributed by atoms with Gasteiger partial charge in [0.05, 0.1) is 18.7 Å². The first-order valence-corrected chi connectivity index (χ1v) is 11.4. The van der Waals surface area contributed by atoms with Crippen molar-refractivity contribution in [2.75, 3.05) is 34.3 Å². The summed E-state index contributed by atoms with van der Waals surface area (Å²) in [5.74, 6) is -1.09. The minimum Gasteiger partial charge on any atom is -0.503 e. The summed E-state index contributed by atoms with van der Waals surface area (Å²) in [7, 11) is 5.44. The molecule has 4 rings (SSSR count). The Bertz CT molecular complexity index is 1250. The molecule has 8 heteroatoms. The van der Waals surface area contributed by atoms with Crippen LogP contribution in [-0.4, -0.2) is 60.9 Å². The van der Waals surface area contributed by atoms with Gasteiger partial charge in [0.15, 0.2) is 22.9 Å². The Morgan fingerprint density at radius 1 is 1.21 bits per heavy atom. The quantitative estimate of drug-likeness (QED) is 0.439. The van der Waals surface area contributed by atoms with E-state index in [0.717, 1.165) is 16.6 Å². The van der Waals surface area contributed by atoms with Crippen molar-refractivity contribution >= 4 is 38.6 Å². The predicted molar refractivity (Wildman–Crippen MR) is 129 cm³/mol. The molecule has 2 heterocycles. The van der Waals surface area contributed by atoms with Gasteiger partial charge in [-0.3, -0.25) is 9.59 Å². The first-order valence-electron chi connectivity index (χ1n) is 10.6. The van der Waals surface area contributed by atoms with Gasteiger partial charge in [-0.1, -0.05) is 40.2 Å². The highest BCUT2D eigenvalue weighted by Crippen LogP contribution is 2.40. The molecule has 0 aliphatic carbocycles. The van der Waals surface area contributed by atoms with Crippen LogP contribution >= 0.6 is 15.9 Å².